The molecule has 0 aliphatic carbocycles. The van der Waals surface area contributed by atoms with Gasteiger partial charge in [-0.3, -0.25) is 4.79 Å². The first kappa shape index (κ1) is 8.53. The van der Waals surface area contributed by atoms with Crippen LogP contribution in [0.3, 0.4) is 0 Å². The minimum Gasteiger partial charge on any atom is -0.351 e. The Morgan fingerprint density at radius 1 is 1.45 bits per heavy atom. The number of rotatable bonds is 2. The van der Waals surface area contributed by atoms with Gasteiger partial charge in [-0.05, 0) is 12.8 Å². The van der Waals surface area contributed by atoms with Gasteiger partial charge in [0.2, 0.25) is 5.91 Å². The molecule has 3 heteroatoms. The summed E-state index contributed by atoms with van der Waals surface area (Å²) in [5.41, 5.74) is 0. The maximum Gasteiger partial charge on any atom is 0.237 e. The first-order chi connectivity index (χ1) is 5.27. The van der Waals surface area contributed by atoms with Crippen molar-refractivity contribution in [3.63, 3.8) is 0 Å². The first-order valence-electron chi connectivity index (χ1n) is 4.31. The predicted molar refractivity (Wildman–Crippen MR) is 44.3 cm³/mol. The molecule has 0 aromatic rings. The van der Waals surface area contributed by atoms with E-state index in [0.717, 1.165) is 19.4 Å². The molecule has 11 heavy (non-hydrogen) atoms. The number of nitrogens with one attached hydrogen (secondary N) is 2. The smallest absolute Gasteiger partial charge is 0.237 e. The zero-order valence-corrected chi connectivity index (χ0v) is 7.18. The van der Waals surface area contributed by atoms with Crippen LogP contribution in [0.1, 0.15) is 26.7 Å². The summed E-state index contributed by atoms with van der Waals surface area (Å²) in [5, 5.41) is 6.17. The van der Waals surface area contributed by atoms with Crippen LogP contribution in [0.4, 0.5) is 0 Å². The molecule has 0 radical (unpaired) electrons. The van der Waals surface area contributed by atoms with Gasteiger partial charge in [-0.2, -0.15) is 0 Å². The monoisotopic (exact) mass is 156 g/mol. The van der Waals surface area contributed by atoms with Gasteiger partial charge in [-0.15, -0.1) is 0 Å². The molecule has 1 aliphatic heterocycles. The van der Waals surface area contributed by atoms with E-state index in [0.29, 0.717) is 6.04 Å². The van der Waals surface area contributed by atoms with Crippen LogP contribution < -0.4 is 10.6 Å². The molecule has 0 aromatic heterocycles. The molecular formula is C8H16N2O. The van der Waals surface area contributed by atoms with Gasteiger partial charge in [0.25, 0.3) is 0 Å². The van der Waals surface area contributed by atoms with Crippen LogP contribution in [0.5, 0.6) is 0 Å². The van der Waals surface area contributed by atoms with E-state index in [2.05, 4.69) is 17.6 Å². The number of piperazine rings is 1. The van der Waals surface area contributed by atoms with E-state index >= 15 is 0 Å². The molecule has 0 spiro atoms. The molecule has 1 rings (SSSR count). The molecule has 1 saturated heterocycles. The van der Waals surface area contributed by atoms with Crippen molar-refractivity contribution in [2.45, 2.75) is 38.8 Å². The molecule has 0 bridgehead atoms. The first-order valence-corrected chi connectivity index (χ1v) is 4.31. The van der Waals surface area contributed by atoms with Crippen molar-refractivity contribution in [1.29, 1.82) is 0 Å². The molecular weight excluding hydrogens is 140 g/mol. The lowest BCUT2D eigenvalue weighted by Crippen LogP contribution is -2.57. The van der Waals surface area contributed by atoms with Crippen molar-refractivity contribution >= 4 is 5.91 Å². The summed E-state index contributed by atoms with van der Waals surface area (Å²) < 4.78 is 0. The van der Waals surface area contributed by atoms with Crippen LogP contribution in [0.15, 0.2) is 0 Å². The van der Waals surface area contributed by atoms with Crippen molar-refractivity contribution in [2.24, 2.45) is 0 Å². The van der Waals surface area contributed by atoms with E-state index in [1.807, 2.05) is 6.92 Å². The fourth-order valence-electron chi connectivity index (χ4n) is 1.31. The van der Waals surface area contributed by atoms with E-state index in [1.165, 1.54) is 0 Å². The van der Waals surface area contributed by atoms with E-state index in [-0.39, 0.29) is 11.9 Å². The third-order valence-electron chi connectivity index (χ3n) is 2.17. The lowest BCUT2D eigenvalue weighted by molar-refractivity contribution is -0.125. The molecule has 2 atom stereocenters. The fourth-order valence-corrected chi connectivity index (χ4v) is 1.31. The second-order valence-corrected chi connectivity index (χ2v) is 2.98. The van der Waals surface area contributed by atoms with Gasteiger partial charge >= 0.3 is 0 Å². The third kappa shape index (κ3) is 1.93. The maximum atomic E-state index is 11.2. The molecule has 0 aromatic carbocycles. The van der Waals surface area contributed by atoms with Crippen molar-refractivity contribution in [1.82, 2.24) is 10.6 Å². The largest absolute Gasteiger partial charge is 0.351 e. The fraction of sp³-hybridized carbons (Fsp3) is 0.875. The van der Waals surface area contributed by atoms with Gasteiger partial charge < -0.3 is 10.6 Å². The van der Waals surface area contributed by atoms with Crippen molar-refractivity contribution in [2.75, 3.05) is 6.54 Å². The van der Waals surface area contributed by atoms with Crippen LogP contribution in [-0.4, -0.2) is 24.5 Å². The van der Waals surface area contributed by atoms with Gasteiger partial charge in [0.1, 0.15) is 0 Å². The number of carbonyl (C=O) groups is 1. The molecule has 3 nitrogen and oxygen atoms in total. The topological polar surface area (TPSA) is 41.1 Å². The second kappa shape index (κ2) is 3.72. The highest BCUT2D eigenvalue weighted by Gasteiger charge is 2.24. The summed E-state index contributed by atoms with van der Waals surface area (Å²) in [6.45, 7) is 5.02. The number of amides is 1. The van der Waals surface area contributed by atoms with E-state index in [1.54, 1.807) is 0 Å². The summed E-state index contributed by atoms with van der Waals surface area (Å²) in [6.07, 6.45) is 1.89. The van der Waals surface area contributed by atoms with E-state index in [9.17, 15) is 4.79 Å². The number of hydrogen-bond acceptors (Lipinski definition) is 2. The summed E-state index contributed by atoms with van der Waals surface area (Å²) in [7, 11) is 0. The average molecular weight is 156 g/mol. The number of hydrogen-bond donors (Lipinski definition) is 2. The molecule has 64 valence electrons. The highest BCUT2D eigenvalue weighted by atomic mass is 16.2. The van der Waals surface area contributed by atoms with Gasteiger partial charge in [-0.25, -0.2) is 0 Å². The molecule has 0 unspecified atom stereocenters. The Labute approximate surface area is 67.5 Å². The lowest BCUT2D eigenvalue weighted by atomic mass is 10.1. The Balaban J connectivity index is 2.41. The maximum absolute atomic E-state index is 11.2. The summed E-state index contributed by atoms with van der Waals surface area (Å²) in [4.78, 5) is 11.2. The Kier molecular flexibility index (Phi) is 2.88. The molecule has 0 saturated carbocycles. The van der Waals surface area contributed by atoms with E-state index < -0.39 is 0 Å². The van der Waals surface area contributed by atoms with Gasteiger partial charge in [-0.1, -0.05) is 13.8 Å². The SMILES string of the molecule is CC[C@H]1CN[C@@H](CC)C(=O)N1. The zero-order valence-electron chi connectivity index (χ0n) is 7.18. The van der Waals surface area contributed by atoms with E-state index in [4.69, 9.17) is 0 Å². The summed E-state index contributed by atoms with van der Waals surface area (Å²) in [6, 6.07) is 0.378. The van der Waals surface area contributed by atoms with Crippen molar-refractivity contribution < 1.29 is 4.79 Å². The quantitative estimate of drug-likeness (QED) is 0.602. The minimum absolute atomic E-state index is 0.0396. The normalized spacial score (nSPS) is 31.6. The molecule has 1 heterocycles. The van der Waals surface area contributed by atoms with Crippen LogP contribution >= 0.6 is 0 Å². The lowest BCUT2D eigenvalue weighted by Gasteiger charge is -2.28. The zero-order chi connectivity index (χ0) is 8.27. The van der Waals surface area contributed by atoms with Crippen molar-refractivity contribution in [3.8, 4) is 0 Å². The second-order valence-electron chi connectivity index (χ2n) is 2.98. The number of carbonyl (C=O) groups excluding carboxylic acids is 1. The van der Waals surface area contributed by atoms with Crippen molar-refractivity contribution in [3.05, 3.63) is 0 Å². The standard InChI is InChI=1S/C8H16N2O/c1-3-6-5-9-7(4-2)8(11)10-6/h6-7,9H,3-5H2,1-2H3,(H,10,11)/t6-,7-/m0/s1. The third-order valence-corrected chi connectivity index (χ3v) is 2.17. The van der Waals surface area contributed by atoms with Crippen LogP contribution in [0.2, 0.25) is 0 Å². The summed E-state index contributed by atoms with van der Waals surface area (Å²) in [5.74, 6) is 0.158. The van der Waals surface area contributed by atoms with Gasteiger partial charge in [0.05, 0.1) is 6.04 Å². The minimum atomic E-state index is 0.0396. The highest BCUT2D eigenvalue weighted by molar-refractivity contribution is 5.82. The molecule has 2 N–H and O–H groups in total. The van der Waals surface area contributed by atoms with Gasteiger partial charge in [0, 0.05) is 12.6 Å². The van der Waals surface area contributed by atoms with Gasteiger partial charge in [0.15, 0.2) is 0 Å². The Bertz CT molecular complexity index is 147. The Morgan fingerprint density at radius 3 is 2.64 bits per heavy atom. The Morgan fingerprint density at radius 2 is 2.18 bits per heavy atom. The molecule has 1 amide bonds. The van der Waals surface area contributed by atoms with Crippen LogP contribution in [-0.2, 0) is 4.79 Å². The average Bonchev–Trinajstić information content (AvgIpc) is 2.04. The Hall–Kier alpha value is -0.570. The van der Waals surface area contributed by atoms with Crippen LogP contribution in [0.25, 0.3) is 0 Å². The van der Waals surface area contributed by atoms with Crippen LogP contribution in [0, 0.1) is 0 Å². The molecule has 1 fully saturated rings. The predicted octanol–water partition coefficient (Wildman–Crippen LogP) is 0.263. The summed E-state index contributed by atoms with van der Waals surface area (Å²) >= 11 is 0. The highest BCUT2D eigenvalue weighted by Crippen LogP contribution is 2.00. The molecule has 1 aliphatic rings.